The van der Waals surface area contributed by atoms with Crippen molar-refractivity contribution < 1.29 is 0 Å². The Bertz CT molecular complexity index is 439. The second kappa shape index (κ2) is 4.38. The van der Waals surface area contributed by atoms with Crippen LogP contribution in [0, 0.1) is 0 Å². The van der Waals surface area contributed by atoms with Gasteiger partial charge in [0.1, 0.15) is 0 Å². The zero-order valence-electron chi connectivity index (χ0n) is 7.24. The first-order valence-corrected chi connectivity index (χ1v) is 6.45. The van der Waals surface area contributed by atoms with Crippen LogP contribution in [-0.4, -0.2) is 0 Å². The van der Waals surface area contributed by atoms with E-state index in [4.69, 9.17) is 5.73 Å². The van der Waals surface area contributed by atoms with Gasteiger partial charge in [-0.1, -0.05) is 17.8 Å². The van der Waals surface area contributed by atoms with Gasteiger partial charge < -0.3 is 5.73 Å². The molecule has 0 unspecified atom stereocenters. The topological polar surface area (TPSA) is 26.0 Å². The fourth-order valence-corrected chi connectivity index (χ4v) is 3.92. The number of halogens is 1. The number of nitrogen functional groups attached to an aromatic ring is 1. The van der Waals surface area contributed by atoms with E-state index in [0.717, 1.165) is 9.47 Å². The van der Waals surface area contributed by atoms with E-state index in [9.17, 15) is 0 Å². The van der Waals surface area contributed by atoms with E-state index in [-0.39, 0.29) is 0 Å². The third-order valence-electron chi connectivity index (χ3n) is 1.63. The first-order valence-electron chi connectivity index (χ1n) is 4.03. The van der Waals surface area contributed by atoms with Crippen molar-refractivity contribution >= 4 is 44.7 Å². The molecule has 0 saturated carbocycles. The van der Waals surface area contributed by atoms with Gasteiger partial charge in [-0.3, -0.25) is 0 Å². The van der Waals surface area contributed by atoms with Gasteiger partial charge in [0.15, 0.2) is 0 Å². The molecule has 14 heavy (non-hydrogen) atoms. The summed E-state index contributed by atoms with van der Waals surface area (Å²) in [6, 6.07) is 12.1. The van der Waals surface area contributed by atoms with Gasteiger partial charge in [0.2, 0.25) is 0 Å². The average molecular weight is 286 g/mol. The minimum atomic E-state index is 0.811. The molecule has 0 spiro atoms. The Kier molecular flexibility index (Phi) is 3.15. The third kappa shape index (κ3) is 2.53. The van der Waals surface area contributed by atoms with Gasteiger partial charge in [-0.25, -0.2) is 0 Å². The summed E-state index contributed by atoms with van der Waals surface area (Å²) in [5, 5.41) is 0. The SMILES string of the molecule is Nc1cccc(Sc2ccc(Br)s2)c1. The fraction of sp³-hybridized carbons (Fsp3) is 0. The highest BCUT2D eigenvalue weighted by Crippen LogP contribution is 2.35. The van der Waals surface area contributed by atoms with Gasteiger partial charge in [-0.2, -0.15) is 0 Å². The van der Waals surface area contributed by atoms with Crippen LogP contribution in [0.4, 0.5) is 5.69 Å². The summed E-state index contributed by atoms with van der Waals surface area (Å²) in [5.41, 5.74) is 6.51. The van der Waals surface area contributed by atoms with Crippen LogP contribution in [0.1, 0.15) is 0 Å². The highest BCUT2D eigenvalue weighted by Gasteiger charge is 2.00. The number of hydrogen-bond acceptors (Lipinski definition) is 3. The van der Waals surface area contributed by atoms with E-state index < -0.39 is 0 Å². The molecule has 0 amide bonds. The van der Waals surface area contributed by atoms with Gasteiger partial charge in [0.25, 0.3) is 0 Å². The molecule has 0 aliphatic rings. The van der Waals surface area contributed by atoms with E-state index in [1.54, 1.807) is 23.1 Å². The van der Waals surface area contributed by atoms with Crippen LogP contribution in [0.15, 0.2) is 49.3 Å². The summed E-state index contributed by atoms with van der Waals surface area (Å²) in [5.74, 6) is 0. The van der Waals surface area contributed by atoms with Crippen molar-refractivity contribution in [3.8, 4) is 0 Å². The molecule has 4 heteroatoms. The molecule has 0 atom stereocenters. The summed E-state index contributed by atoms with van der Waals surface area (Å²) < 4.78 is 2.42. The molecule has 72 valence electrons. The predicted octanol–water partition coefficient (Wildman–Crippen LogP) is 4.24. The summed E-state index contributed by atoms with van der Waals surface area (Å²) in [4.78, 5) is 1.18. The average Bonchev–Trinajstić information content (AvgIpc) is 2.51. The first-order chi connectivity index (χ1) is 6.74. The first kappa shape index (κ1) is 10.1. The Hall–Kier alpha value is -0.450. The molecule has 0 saturated heterocycles. The maximum atomic E-state index is 5.70. The van der Waals surface area contributed by atoms with Gasteiger partial charge in [0, 0.05) is 10.6 Å². The Balaban J connectivity index is 2.18. The number of nitrogens with two attached hydrogens (primary N) is 1. The van der Waals surface area contributed by atoms with E-state index in [0.29, 0.717) is 0 Å². The van der Waals surface area contributed by atoms with Gasteiger partial charge in [-0.15, -0.1) is 11.3 Å². The van der Waals surface area contributed by atoms with Gasteiger partial charge in [0.05, 0.1) is 8.00 Å². The van der Waals surface area contributed by atoms with Crippen LogP contribution in [0.3, 0.4) is 0 Å². The van der Waals surface area contributed by atoms with Crippen LogP contribution >= 0.6 is 39.0 Å². The maximum Gasteiger partial charge on any atom is 0.0710 e. The highest BCUT2D eigenvalue weighted by molar-refractivity contribution is 9.11. The molecule has 0 aliphatic carbocycles. The highest BCUT2D eigenvalue weighted by atomic mass is 79.9. The molecule has 2 N–H and O–H groups in total. The quantitative estimate of drug-likeness (QED) is 0.835. The van der Waals surface area contributed by atoms with Crippen LogP contribution < -0.4 is 5.73 Å². The fourth-order valence-electron chi connectivity index (χ4n) is 1.05. The molecule has 2 rings (SSSR count). The molecule has 1 aromatic carbocycles. The van der Waals surface area contributed by atoms with Crippen molar-refractivity contribution in [2.45, 2.75) is 9.10 Å². The molecule has 0 fully saturated rings. The monoisotopic (exact) mass is 285 g/mol. The Morgan fingerprint density at radius 1 is 1.21 bits per heavy atom. The Morgan fingerprint density at radius 3 is 2.71 bits per heavy atom. The second-order valence-corrected chi connectivity index (χ2v) is 6.57. The third-order valence-corrected chi connectivity index (χ3v) is 4.37. The minimum absolute atomic E-state index is 0.811. The van der Waals surface area contributed by atoms with Crippen molar-refractivity contribution in [1.82, 2.24) is 0 Å². The summed E-state index contributed by atoms with van der Waals surface area (Å²) in [6.45, 7) is 0. The Labute approximate surface area is 99.5 Å². The van der Waals surface area contributed by atoms with E-state index >= 15 is 0 Å². The molecule has 0 bridgehead atoms. The predicted molar refractivity (Wildman–Crippen MR) is 67.0 cm³/mol. The number of thiophene rings is 1. The van der Waals surface area contributed by atoms with Gasteiger partial charge in [-0.05, 0) is 46.3 Å². The largest absolute Gasteiger partial charge is 0.399 e. The number of benzene rings is 1. The zero-order valence-corrected chi connectivity index (χ0v) is 10.5. The standard InChI is InChI=1S/C10H8BrNS2/c11-9-4-5-10(14-9)13-8-3-1-2-7(12)6-8/h1-6H,12H2. The lowest BCUT2D eigenvalue weighted by Gasteiger charge is -1.98. The number of rotatable bonds is 2. The van der Waals surface area contributed by atoms with E-state index in [1.165, 1.54) is 9.10 Å². The normalized spacial score (nSPS) is 10.4. The smallest absolute Gasteiger partial charge is 0.0710 e. The van der Waals surface area contributed by atoms with E-state index in [2.05, 4.69) is 34.1 Å². The van der Waals surface area contributed by atoms with Crippen molar-refractivity contribution in [3.05, 3.63) is 40.2 Å². The lowest BCUT2D eigenvalue weighted by molar-refractivity contribution is 1.46. The van der Waals surface area contributed by atoms with Crippen molar-refractivity contribution in [2.24, 2.45) is 0 Å². The summed E-state index contributed by atoms with van der Waals surface area (Å²) >= 11 is 6.90. The van der Waals surface area contributed by atoms with Crippen molar-refractivity contribution in [3.63, 3.8) is 0 Å². The van der Waals surface area contributed by atoms with Crippen molar-refractivity contribution in [2.75, 3.05) is 5.73 Å². The molecule has 1 aromatic heterocycles. The Morgan fingerprint density at radius 2 is 2.07 bits per heavy atom. The van der Waals surface area contributed by atoms with Crippen LogP contribution in [0.25, 0.3) is 0 Å². The molecule has 2 aromatic rings. The molecule has 0 radical (unpaired) electrons. The van der Waals surface area contributed by atoms with Crippen LogP contribution in [0.2, 0.25) is 0 Å². The number of hydrogen-bond donors (Lipinski definition) is 1. The molecule has 0 aliphatic heterocycles. The van der Waals surface area contributed by atoms with Crippen LogP contribution in [0.5, 0.6) is 0 Å². The maximum absolute atomic E-state index is 5.70. The van der Waals surface area contributed by atoms with Crippen LogP contribution in [-0.2, 0) is 0 Å². The van der Waals surface area contributed by atoms with Crippen molar-refractivity contribution in [1.29, 1.82) is 0 Å². The lowest BCUT2D eigenvalue weighted by atomic mass is 10.3. The van der Waals surface area contributed by atoms with Gasteiger partial charge >= 0.3 is 0 Å². The zero-order chi connectivity index (χ0) is 9.97. The lowest BCUT2D eigenvalue weighted by Crippen LogP contribution is -1.82. The number of anilines is 1. The molecular formula is C10H8BrNS2. The molecular weight excluding hydrogens is 278 g/mol. The molecule has 1 heterocycles. The second-order valence-electron chi connectivity index (χ2n) is 2.73. The summed E-state index contributed by atoms with van der Waals surface area (Å²) in [7, 11) is 0. The molecule has 1 nitrogen and oxygen atoms in total. The minimum Gasteiger partial charge on any atom is -0.399 e. The summed E-state index contributed by atoms with van der Waals surface area (Å²) in [6.07, 6.45) is 0. The van der Waals surface area contributed by atoms with E-state index in [1.807, 2.05) is 18.2 Å².